The molecule has 1 aliphatic rings. The first-order valence-corrected chi connectivity index (χ1v) is 9.26. The van der Waals surface area contributed by atoms with Crippen LogP contribution in [0.5, 0.6) is 0 Å². The van der Waals surface area contributed by atoms with Crippen molar-refractivity contribution in [1.82, 2.24) is 15.0 Å². The third-order valence-corrected chi connectivity index (χ3v) is 5.87. The van der Waals surface area contributed by atoms with Crippen LogP contribution >= 0.6 is 0 Å². The largest absolute Gasteiger partial charge is 0.394 e. The number of oxime groups is 1. The molecule has 140 valence electrons. The van der Waals surface area contributed by atoms with Crippen LogP contribution in [0.2, 0.25) is 0 Å². The summed E-state index contributed by atoms with van der Waals surface area (Å²) in [4.78, 5) is 28.0. The first-order valence-electron chi connectivity index (χ1n) is 9.26. The minimum atomic E-state index is -0.344. The SMILES string of the molecule is CC1=NOCC1(C)c1cc(-c2c(C)ncc3ccccc23)c2[nH]c(=O)[nH]c2c1. The van der Waals surface area contributed by atoms with E-state index in [1.54, 1.807) is 0 Å². The molecule has 2 aromatic heterocycles. The van der Waals surface area contributed by atoms with Gasteiger partial charge in [0.2, 0.25) is 0 Å². The van der Waals surface area contributed by atoms with Crippen molar-refractivity contribution in [3.63, 3.8) is 0 Å². The van der Waals surface area contributed by atoms with Crippen molar-refractivity contribution < 1.29 is 4.84 Å². The smallest absolute Gasteiger partial charge is 0.323 e. The highest BCUT2D eigenvalue weighted by molar-refractivity contribution is 6.05. The van der Waals surface area contributed by atoms with Gasteiger partial charge in [-0.2, -0.15) is 0 Å². The van der Waals surface area contributed by atoms with E-state index in [0.717, 1.165) is 49.9 Å². The van der Waals surface area contributed by atoms with Gasteiger partial charge in [-0.1, -0.05) is 29.4 Å². The molecule has 0 amide bonds. The van der Waals surface area contributed by atoms with E-state index in [0.29, 0.717) is 6.61 Å². The molecule has 0 saturated heterocycles. The minimum Gasteiger partial charge on any atom is -0.394 e. The molecule has 3 heterocycles. The van der Waals surface area contributed by atoms with Crippen LogP contribution in [-0.2, 0) is 10.3 Å². The number of imidazole rings is 1. The van der Waals surface area contributed by atoms with Crippen LogP contribution in [0.4, 0.5) is 0 Å². The van der Waals surface area contributed by atoms with E-state index in [1.807, 2.05) is 38.2 Å². The fourth-order valence-electron chi connectivity index (χ4n) is 4.02. The molecular formula is C22H20N4O2. The van der Waals surface area contributed by atoms with E-state index >= 15 is 0 Å². The molecule has 0 saturated carbocycles. The number of nitrogens with zero attached hydrogens (tertiary/aromatic N) is 2. The van der Waals surface area contributed by atoms with Gasteiger partial charge in [0.15, 0.2) is 0 Å². The lowest BCUT2D eigenvalue weighted by molar-refractivity contribution is 0.148. The van der Waals surface area contributed by atoms with Gasteiger partial charge in [0.25, 0.3) is 0 Å². The van der Waals surface area contributed by atoms with E-state index in [4.69, 9.17) is 4.84 Å². The zero-order chi connectivity index (χ0) is 19.5. The molecule has 6 heteroatoms. The zero-order valence-electron chi connectivity index (χ0n) is 16.0. The van der Waals surface area contributed by atoms with Gasteiger partial charge in [-0.25, -0.2) is 4.79 Å². The van der Waals surface area contributed by atoms with Crippen molar-refractivity contribution in [1.29, 1.82) is 0 Å². The van der Waals surface area contributed by atoms with Crippen LogP contribution in [0.15, 0.2) is 52.5 Å². The molecular weight excluding hydrogens is 352 g/mol. The molecule has 1 aliphatic heterocycles. The standard InChI is InChI=1S/C22H20N4O2/c1-12-19(16-7-5-4-6-14(16)10-23-12)17-8-15(22(3)11-28-26-13(22)2)9-18-20(17)25-21(27)24-18/h4-10H,11H2,1-3H3,(H2,24,25,27). The Labute approximate surface area is 161 Å². The average molecular weight is 372 g/mol. The first kappa shape index (κ1) is 16.7. The zero-order valence-corrected chi connectivity index (χ0v) is 16.0. The fraction of sp³-hybridized carbons (Fsp3) is 0.227. The lowest BCUT2D eigenvalue weighted by Crippen LogP contribution is -2.30. The second kappa shape index (κ2) is 5.79. The molecule has 4 aromatic rings. The molecule has 5 rings (SSSR count). The number of aromatic nitrogens is 3. The summed E-state index contributed by atoms with van der Waals surface area (Å²) >= 11 is 0. The summed E-state index contributed by atoms with van der Waals surface area (Å²) in [6.45, 7) is 6.56. The predicted molar refractivity (Wildman–Crippen MR) is 111 cm³/mol. The highest BCUT2D eigenvalue weighted by atomic mass is 16.6. The van der Waals surface area contributed by atoms with Gasteiger partial charge in [0, 0.05) is 28.4 Å². The van der Waals surface area contributed by atoms with Crippen LogP contribution in [0.1, 0.15) is 25.1 Å². The number of hydrogen-bond donors (Lipinski definition) is 2. The Bertz CT molecular complexity index is 1330. The summed E-state index contributed by atoms with van der Waals surface area (Å²) in [5, 5.41) is 6.31. The number of H-pyrrole nitrogens is 2. The maximum Gasteiger partial charge on any atom is 0.323 e. The van der Waals surface area contributed by atoms with Gasteiger partial charge in [-0.05, 0) is 43.9 Å². The molecule has 1 unspecified atom stereocenters. The van der Waals surface area contributed by atoms with Gasteiger partial charge >= 0.3 is 5.69 Å². The number of fused-ring (bicyclic) bond motifs is 2. The highest BCUT2D eigenvalue weighted by Crippen LogP contribution is 2.39. The Hall–Kier alpha value is -3.41. The minimum absolute atomic E-state index is 0.225. The number of aryl methyl sites for hydroxylation is 1. The van der Waals surface area contributed by atoms with Crippen molar-refractivity contribution in [2.75, 3.05) is 6.61 Å². The van der Waals surface area contributed by atoms with Gasteiger partial charge in [-0.15, -0.1) is 0 Å². The summed E-state index contributed by atoms with van der Waals surface area (Å²) in [5.41, 5.74) is 5.85. The lowest BCUT2D eigenvalue weighted by atomic mass is 9.78. The number of pyridine rings is 1. The quantitative estimate of drug-likeness (QED) is 0.557. The van der Waals surface area contributed by atoms with Crippen LogP contribution < -0.4 is 5.69 Å². The Kier molecular flexibility index (Phi) is 3.46. The predicted octanol–water partition coefficient (Wildman–Crippen LogP) is 4.04. The maximum atomic E-state index is 12.1. The number of nitrogens with one attached hydrogen (secondary N) is 2. The van der Waals surface area contributed by atoms with Crippen LogP contribution in [0, 0.1) is 6.92 Å². The second-order valence-corrected chi connectivity index (χ2v) is 7.61. The van der Waals surface area contributed by atoms with Crippen LogP contribution in [-0.4, -0.2) is 27.3 Å². The highest BCUT2D eigenvalue weighted by Gasteiger charge is 2.37. The molecule has 0 spiro atoms. The van der Waals surface area contributed by atoms with E-state index < -0.39 is 0 Å². The summed E-state index contributed by atoms with van der Waals surface area (Å²) in [6, 6.07) is 12.3. The molecule has 2 aromatic carbocycles. The number of benzene rings is 2. The molecule has 6 nitrogen and oxygen atoms in total. The summed E-state index contributed by atoms with van der Waals surface area (Å²) in [5.74, 6) is 0. The Morgan fingerprint density at radius 3 is 2.75 bits per heavy atom. The fourth-order valence-corrected chi connectivity index (χ4v) is 4.02. The Morgan fingerprint density at radius 1 is 1.14 bits per heavy atom. The summed E-state index contributed by atoms with van der Waals surface area (Å²) < 4.78 is 0. The molecule has 2 N–H and O–H groups in total. The molecule has 0 radical (unpaired) electrons. The van der Waals surface area contributed by atoms with Crippen molar-refractivity contribution in [2.45, 2.75) is 26.2 Å². The topological polar surface area (TPSA) is 83.1 Å². The number of rotatable bonds is 2. The second-order valence-electron chi connectivity index (χ2n) is 7.61. The lowest BCUT2D eigenvalue weighted by Gasteiger charge is -2.23. The third-order valence-electron chi connectivity index (χ3n) is 5.87. The Morgan fingerprint density at radius 2 is 1.96 bits per heavy atom. The van der Waals surface area contributed by atoms with E-state index in [2.05, 4.69) is 45.2 Å². The van der Waals surface area contributed by atoms with Crippen molar-refractivity contribution in [3.8, 4) is 11.1 Å². The third kappa shape index (κ3) is 2.30. The monoisotopic (exact) mass is 372 g/mol. The van der Waals surface area contributed by atoms with Gasteiger partial charge in [0.05, 0.1) is 22.2 Å². The summed E-state index contributed by atoms with van der Waals surface area (Å²) in [7, 11) is 0. The van der Waals surface area contributed by atoms with Crippen molar-refractivity contribution in [2.24, 2.45) is 5.16 Å². The van der Waals surface area contributed by atoms with E-state index in [9.17, 15) is 4.79 Å². The number of aromatic amines is 2. The van der Waals surface area contributed by atoms with Crippen LogP contribution in [0.3, 0.4) is 0 Å². The Balaban J connectivity index is 1.90. The van der Waals surface area contributed by atoms with E-state index in [1.165, 1.54) is 0 Å². The van der Waals surface area contributed by atoms with Crippen molar-refractivity contribution >= 4 is 27.5 Å². The van der Waals surface area contributed by atoms with Crippen LogP contribution in [0.25, 0.3) is 32.9 Å². The molecule has 0 aliphatic carbocycles. The normalized spacial score (nSPS) is 19.2. The first-order chi connectivity index (χ1) is 13.5. The number of hydrogen-bond acceptors (Lipinski definition) is 4. The summed E-state index contributed by atoms with van der Waals surface area (Å²) in [6.07, 6.45) is 1.89. The van der Waals surface area contributed by atoms with Gasteiger partial charge in [-0.3, -0.25) is 4.98 Å². The van der Waals surface area contributed by atoms with Gasteiger partial charge in [0.1, 0.15) is 6.61 Å². The molecule has 1 atom stereocenters. The van der Waals surface area contributed by atoms with E-state index in [-0.39, 0.29) is 11.1 Å². The van der Waals surface area contributed by atoms with Crippen molar-refractivity contribution in [3.05, 3.63) is 64.3 Å². The van der Waals surface area contributed by atoms with Gasteiger partial charge < -0.3 is 14.8 Å². The average Bonchev–Trinajstić information content (AvgIpc) is 3.23. The molecule has 28 heavy (non-hydrogen) atoms. The molecule has 0 fully saturated rings. The maximum absolute atomic E-state index is 12.1. The molecule has 0 bridgehead atoms.